The first-order valence-corrected chi connectivity index (χ1v) is 16.3. The van der Waals surface area contributed by atoms with Crippen molar-refractivity contribution in [1.82, 2.24) is 0 Å². The lowest BCUT2D eigenvalue weighted by molar-refractivity contribution is 0.185. The highest BCUT2D eigenvalue weighted by atomic mass is 16.5. The maximum atomic E-state index is 5.06. The van der Waals surface area contributed by atoms with E-state index in [0.717, 1.165) is 12.8 Å². The molecule has 0 aliphatic carbocycles. The quantitative estimate of drug-likeness (QED) is 0.201. The topological polar surface area (TPSA) is 9.23 Å². The van der Waals surface area contributed by atoms with Crippen LogP contribution in [0.5, 0.6) is 0 Å². The fourth-order valence-corrected chi connectivity index (χ4v) is 4.32. The van der Waals surface area contributed by atoms with Crippen LogP contribution in [0.15, 0.2) is 103 Å². The highest BCUT2D eigenvalue weighted by Gasteiger charge is 2.00. The maximum absolute atomic E-state index is 5.06. The highest BCUT2D eigenvalue weighted by molar-refractivity contribution is 5.26. The van der Waals surface area contributed by atoms with Crippen LogP contribution in [0.1, 0.15) is 132 Å². The van der Waals surface area contributed by atoms with Gasteiger partial charge in [0.15, 0.2) is 0 Å². The SMILES string of the molecule is CC(C)c1ccccc1.CCc1ccc(C(C)C)cc1.CCc1ccc(C(C)C)cc1.COCc1cccc(C(C)C)c1. The summed E-state index contributed by atoms with van der Waals surface area (Å²) >= 11 is 0. The van der Waals surface area contributed by atoms with Gasteiger partial charge in [0.05, 0.1) is 6.61 Å². The summed E-state index contributed by atoms with van der Waals surface area (Å²) < 4.78 is 5.06. The van der Waals surface area contributed by atoms with Crippen molar-refractivity contribution in [2.75, 3.05) is 7.11 Å². The average molecular weight is 581 g/mol. The van der Waals surface area contributed by atoms with Gasteiger partial charge in [0.2, 0.25) is 0 Å². The predicted octanol–water partition coefficient (Wildman–Crippen LogP) is 12.5. The summed E-state index contributed by atoms with van der Waals surface area (Å²) in [6, 6.07) is 36.8. The largest absolute Gasteiger partial charge is 0.380 e. The van der Waals surface area contributed by atoms with Crippen LogP contribution in [0.25, 0.3) is 0 Å². The number of benzene rings is 4. The normalized spacial score (nSPS) is 10.5. The molecule has 0 N–H and O–H groups in total. The summed E-state index contributed by atoms with van der Waals surface area (Å²) in [5.74, 6) is 2.56. The van der Waals surface area contributed by atoms with Gasteiger partial charge >= 0.3 is 0 Å². The molecule has 0 saturated heterocycles. The van der Waals surface area contributed by atoms with E-state index in [9.17, 15) is 0 Å². The summed E-state index contributed by atoms with van der Waals surface area (Å²) in [5, 5.41) is 0. The Bertz CT molecular complexity index is 1160. The predicted molar refractivity (Wildman–Crippen MR) is 192 cm³/mol. The second kappa shape index (κ2) is 21.5. The van der Waals surface area contributed by atoms with Gasteiger partial charge in [0, 0.05) is 7.11 Å². The standard InChI is InChI=1S/C11H16O.2C11H16.C9H12/c1-9(2)11-6-4-5-10(7-11)8-12-3;2*1-4-10-5-7-11(8-6-10)9(2)3;1-8(2)9-6-4-3-5-7-9/h4-7,9H,8H2,1-3H3;2*5-9H,4H2,1-3H3;3-8H,1-2H3. The van der Waals surface area contributed by atoms with Crippen LogP contribution in [0, 0.1) is 0 Å². The van der Waals surface area contributed by atoms with Crippen molar-refractivity contribution in [3.63, 3.8) is 0 Å². The van der Waals surface area contributed by atoms with E-state index in [2.05, 4.69) is 166 Å². The van der Waals surface area contributed by atoms with E-state index in [0.29, 0.717) is 30.3 Å². The highest BCUT2D eigenvalue weighted by Crippen LogP contribution is 2.17. The van der Waals surface area contributed by atoms with Gasteiger partial charge in [-0.25, -0.2) is 0 Å². The molecule has 234 valence electrons. The molecule has 0 bridgehead atoms. The van der Waals surface area contributed by atoms with E-state index < -0.39 is 0 Å². The zero-order valence-corrected chi connectivity index (χ0v) is 29.2. The Morgan fingerprint density at radius 1 is 0.419 bits per heavy atom. The zero-order chi connectivity index (χ0) is 32.2. The lowest BCUT2D eigenvalue weighted by Crippen LogP contribution is -1.91. The molecule has 0 aliphatic heterocycles. The number of methoxy groups -OCH3 is 1. The first kappa shape index (κ1) is 37.9. The van der Waals surface area contributed by atoms with Crippen molar-refractivity contribution < 1.29 is 4.74 Å². The molecule has 0 fully saturated rings. The van der Waals surface area contributed by atoms with Crippen molar-refractivity contribution in [3.8, 4) is 0 Å². The molecule has 0 aliphatic rings. The molecule has 0 amide bonds. The first-order chi connectivity index (χ1) is 20.5. The minimum Gasteiger partial charge on any atom is -0.380 e. The second-order valence-corrected chi connectivity index (χ2v) is 12.4. The van der Waals surface area contributed by atoms with Gasteiger partial charge in [-0.2, -0.15) is 0 Å². The van der Waals surface area contributed by atoms with Gasteiger partial charge in [-0.05, 0) is 75.5 Å². The number of hydrogen-bond donors (Lipinski definition) is 0. The minimum absolute atomic E-state index is 0.599. The van der Waals surface area contributed by atoms with E-state index >= 15 is 0 Å². The molecule has 43 heavy (non-hydrogen) atoms. The van der Waals surface area contributed by atoms with Crippen LogP contribution in [0.2, 0.25) is 0 Å². The van der Waals surface area contributed by atoms with E-state index in [4.69, 9.17) is 4.74 Å². The van der Waals surface area contributed by atoms with Crippen LogP contribution in [-0.2, 0) is 24.2 Å². The minimum atomic E-state index is 0.599. The third-order valence-corrected chi connectivity index (χ3v) is 7.50. The lowest BCUT2D eigenvalue weighted by atomic mass is 10.0. The van der Waals surface area contributed by atoms with E-state index in [1.807, 2.05) is 6.07 Å². The van der Waals surface area contributed by atoms with Gasteiger partial charge in [-0.3, -0.25) is 0 Å². The molecular weight excluding hydrogens is 520 g/mol. The molecule has 0 heterocycles. The van der Waals surface area contributed by atoms with Gasteiger partial charge in [0.25, 0.3) is 0 Å². The number of hydrogen-bond acceptors (Lipinski definition) is 1. The fourth-order valence-electron chi connectivity index (χ4n) is 4.32. The summed E-state index contributed by atoms with van der Waals surface area (Å²) in [6.07, 6.45) is 2.27. The van der Waals surface area contributed by atoms with Gasteiger partial charge in [0.1, 0.15) is 0 Å². The van der Waals surface area contributed by atoms with Gasteiger partial charge in [-0.15, -0.1) is 0 Å². The molecule has 0 aromatic heterocycles. The Morgan fingerprint density at radius 2 is 0.791 bits per heavy atom. The first-order valence-electron chi connectivity index (χ1n) is 16.3. The Labute approximate surface area is 265 Å². The third kappa shape index (κ3) is 15.8. The molecule has 0 radical (unpaired) electrons. The van der Waals surface area contributed by atoms with E-state index in [1.165, 1.54) is 38.9 Å². The Morgan fingerprint density at radius 3 is 1.12 bits per heavy atom. The summed E-state index contributed by atoms with van der Waals surface area (Å²) in [4.78, 5) is 0. The fraction of sp³-hybridized carbons (Fsp3) is 0.429. The van der Waals surface area contributed by atoms with Gasteiger partial charge < -0.3 is 4.74 Å². The third-order valence-electron chi connectivity index (χ3n) is 7.50. The summed E-state index contributed by atoms with van der Waals surface area (Å²) in [7, 11) is 1.72. The molecule has 0 spiro atoms. The Kier molecular flexibility index (Phi) is 18.9. The smallest absolute Gasteiger partial charge is 0.0713 e. The average Bonchev–Trinajstić information content (AvgIpc) is 3.02. The molecule has 4 aromatic rings. The lowest BCUT2D eigenvalue weighted by Gasteiger charge is -2.06. The summed E-state index contributed by atoms with van der Waals surface area (Å²) in [6.45, 7) is 22.8. The molecule has 1 nitrogen and oxygen atoms in total. The van der Waals surface area contributed by atoms with Crippen molar-refractivity contribution in [2.45, 2.75) is 112 Å². The number of rotatable bonds is 8. The molecule has 0 atom stereocenters. The number of aryl methyl sites for hydroxylation is 2. The van der Waals surface area contributed by atoms with Crippen LogP contribution in [0.4, 0.5) is 0 Å². The Balaban J connectivity index is 0.000000288. The molecule has 4 rings (SSSR count). The van der Waals surface area contributed by atoms with E-state index in [1.54, 1.807) is 7.11 Å². The Hall–Kier alpha value is -3.16. The molecule has 4 aromatic carbocycles. The van der Waals surface area contributed by atoms with Crippen molar-refractivity contribution in [1.29, 1.82) is 0 Å². The van der Waals surface area contributed by atoms with Crippen molar-refractivity contribution in [2.24, 2.45) is 0 Å². The van der Waals surface area contributed by atoms with Gasteiger partial charge in [-0.1, -0.05) is 172 Å². The van der Waals surface area contributed by atoms with Crippen LogP contribution in [0.3, 0.4) is 0 Å². The van der Waals surface area contributed by atoms with Crippen LogP contribution < -0.4 is 0 Å². The molecule has 0 unspecified atom stereocenters. The van der Waals surface area contributed by atoms with Crippen molar-refractivity contribution in [3.05, 3.63) is 142 Å². The monoisotopic (exact) mass is 580 g/mol. The zero-order valence-electron chi connectivity index (χ0n) is 29.2. The van der Waals surface area contributed by atoms with Crippen molar-refractivity contribution >= 4 is 0 Å². The second-order valence-electron chi connectivity index (χ2n) is 12.4. The van der Waals surface area contributed by atoms with E-state index in [-0.39, 0.29) is 0 Å². The number of ether oxygens (including phenoxy) is 1. The van der Waals surface area contributed by atoms with Crippen LogP contribution >= 0.6 is 0 Å². The molecule has 0 saturated carbocycles. The summed E-state index contributed by atoms with van der Waals surface area (Å²) in [5.41, 5.74) is 9.76. The maximum Gasteiger partial charge on any atom is 0.0713 e. The molecular formula is C42H60O. The molecule has 1 heteroatoms. The van der Waals surface area contributed by atoms with Crippen LogP contribution in [-0.4, -0.2) is 7.11 Å².